The summed E-state index contributed by atoms with van der Waals surface area (Å²) in [5.74, 6) is -1.33. The summed E-state index contributed by atoms with van der Waals surface area (Å²) >= 11 is 0. The molecule has 0 unspecified atom stereocenters. The van der Waals surface area contributed by atoms with E-state index < -0.39 is 28.0 Å². The Kier molecular flexibility index (Phi) is 7.29. The Morgan fingerprint density at radius 1 is 1.03 bits per heavy atom. The second-order valence-electron chi connectivity index (χ2n) is 7.05. The van der Waals surface area contributed by atoms with Crippen molar-refractivity contribution in [1.29, 1.82) is 0 Å². The summed E-state index contributed by atoms with van der Waals surface area (Å²) in [6.45, 7) is 2.42. The minimum Gasteiger partial charge on any atom is -0.463 e. The third-order valence-electron chi connectivity index (χ3n) is 4.97. The fraction of sp³-hybridized carbons (Fsp3) is 0.450. The van der Waals surface area contributed by atoms with E-state index in [-0.39, 0.29) is 41.5 Å². The number of hydrogen-bond donors (Lipinski definition) is 2. The van der Waals surface area contributed by atoms with Crippen LogP contribution in [0.2, 0.25) is 0 Å². The monoisotopic (exact) mass is 451 g/mol. The van der Waals surface area contributed by atoms with Crippen molar-refractivity contribution in [3.63, 3.8) is 0 Å². The lowest BCUT2D eigenvalue weighted by Crippen LogP contribution is -2.45. The van der Waals surface area contributed by atoms with Crippen molar-refractivity contribution in [3.8, 4) is 0 Å². The molecule has 3 rings (SSSR count). The molecule has 11 heteroatoms. The van der Waals surface area contributed by atoms with Crippen LogP contribution in [0, 0.1) is 0 Å². The van der Waals surface area contributed by atoms with Gasteiger partial charge in [-0.15, -0.1) is 0 Å². The second kappa shape index (κ2) is 9.92. The van der Waals surface area contributed by atoms with Gasteiger partial charge < -0.3 is 20.1 Å². The van der Waals surface area contributed by atoms with Gasteiger partial charge in [-0.2, -0.15) is 4.31 Å². The van der Waals surface area contributed by atoms with E-state index in [2.05, 4.69) is 10.6 Å². The highest BCUT2D eigenvalue weighted by molar-refractivity contribution is 7.89. The molecule has 2 N–H and O–H groups in total. The normalized spacial score (nSPS) is 17.5. The topological polar surface area (TPSA) is 131 Å². The molecular weight excluding hydrogens is 426 g/mol. The molecule has 0 radical (unpaired) electrons. The largest absolute Gasteiger partial charge is 0.463 e. The molecule has 1 aromatic carbocycles. The molecule has 0 aromatic heterocycles. The zero-order valence-electron chi connectivity index (χ0n) is 17.2. The Bertz CT molecular complexity index is 981. The molecule has 31 heavy (non-hydrogen) atoms. The van der Waals surface area contributed by atoms with E-state index in [0.717, 1.165) is 19.3 Å². The number of carbonyl (C=O) groups is 3. The maximum absolute atomic E-state index is 12.7. The Morgan fingerprint density at radius 2 is 1.71 bits per heavy atom. The molecule has 2 amide bonds. The first-order chi connectivity index (χ1) is 14.8. The maximum atomic E-state index is 12.7. The van der Waals surface area contributed by atoms with Gasteiger partial charge in [-0.25, -0.2) is 22.8 Å². The quantitative estimate of drug-likeness (QED) is 0.595. The van der Waals surface area contributed by atoms with Crippen molar-refractivity contribution < 1.29 is 32.3 Å². The number of benzene rings is 1. The van der Waals surface area contributed by atoms with Gasteiger partial charge in [-0.3, -0.25) is 0 Å². The Morgan fingerprint density at radius 3 is 2.35 bits per heavy atom. The molecule has 0 atom stereocenters. The van der Waals surface area contributed by atoms with E-state index in [4.69, 9.17) is 9.47 Å². The fourth-order valence-corrected chi connectivity index (χ4v) is 4.82. The van der Waals surface area contributed by atoms with Crippen LogP contribution in [-0.2, 0) is 24.3 Å². The molecule has 0 saturated carbocycles. The zero-order chi connectivity index (χ0) is 22.4. The van der Waals surface area contributed by atoms with Gasteiger partial charge in [0.05, 0.1) is 34.9 Å². The van der Waals surface area contributed by atoms with Crippen molar-refractivity contribution >= 4 is 28.0 Å². The minimum absolute atomic E-state index is 0.0411. The molecule has 10 nitrogen and oxygen atoms in total. The first-order valence-corrected chi connectivity index (χ1v) is 11.5. The SMILES string of the molecule is CCOC(=O)C1=C(COC(=O)c2ccc(S(=O)(=O)N3CCCCC3)cc2)NC(=O)NC1. The highest BCUT2D eigenvalue weighted by atomic mass is 32.2. The fourth-order valence-electron chi connectivity index (χ4n) is 3.31. The van der Waals surface area contributed by atoms with Crippen LogP contribution in [0.3, 0.4) is 0 Å². The predicted octanol–water partition coefficient (Wildman–Crippen LogP) is 1.15. The summed E-state index contributed by atoms with van der Waals surface area (Å²) < 4.78 is 37.0. The Labute approximate surface area is 180 Å². The Hall–Kier alpha value is -2.92. The van der Waals surface area contributed by atoms with Crippen LogP contribution in [0.4, 0.5) is 4.79 Å². The van der Waals surface area contributed by atoms with Crippen molar-refractivity contribution in [2.75, 3.05) is 32.8 Å². The van der Waals surface area contributed by atoms with Crippen LogP contribution in [0.15, 0.2) is 40.4 Å². The standard InChI is InChI=1S/C20H25N3O7S/c1-2-29-19(25)16-12-21-20(26)22-17(16)13-30-18(24)14-6-8-15(9-7-14)31(27,28)23-10-4-3-5-11-23/h6-9H,2-5,10-13H2,1H3,(H2,21,22,26). The van der Waals surface area contributed by atoms with Gasteiger partial charge in [0.25, 0.3) is 0 Å². The molecule has 1 aromatic rings. The highest BCUT2D eigenvalue weighted by Crippen LogP contribution is 2.21. The second-order valence-corrected chi connectivity index (χ2v) is 8.99. The molecular formula is C20H25N3O7S. The molecule has 0 aliphatic carbocycles. The average molecular weight is 452 g/mol. The molecule has 2 aliphatic rings. The third-order valence-corrected chi connectivity index (χ3v) is 6.88. The van der Waals surface area contributed by atoms with Crippen LogP contribution in [0.1, 0.15) is 36.5 Å². The molecule has 1 fully saturated rings. The van der Waals surface area contributed by atoms with Gasteiger partial charge in [-0.1, -0.05) is 6.42 Å². The van der Waals surface area contributed by atoms with E-state index in [1.54, 1.807) is 6.92 Å². The summed E-state index contributed by atoms with van der Waals surface area (Å²) in [7, 11) is -3.59. The van der Waals surface area contributed by atoms with Gasteiger partial charge in [0.15, 0.2) is 0 Å². The summed E-state index contributed by atoms with van der Waals surface area (Å²) in [6.07, 6.45) is 2.68. The van der Waals surface area contributed by atoms with Crippen LogP contribution in [-0.4, -0.2) is 63.5 Å². The number of ether oxygens (including phenoxy) is 2. The number of piperidine rings is 1. The summed E-state index contributed by atoms with van der Waals surface area (Å²) in [6, 6.07) is 4.97. The number of esters is 2. The van der Waals surface area contributed by atoms with Crippen molar-refractivity contribution in [2.45, 2.75) is 31.1 Å². The Balaban J connectivity index is 1.67. The van der Waals surface area contributed by atoms with Crippen molar-refractivity contribution in [2.24, 2.45) is 0 Å². The summed E-state index contributed by atoms with van der Waals surface area (Å²) in [5, 5.41) is 4.90. The molecule has 0 bridgehead atoms. The lowest BCUT2D eigenvalue weighted by molar-refractivity contribution is -0.138. The molecule has 0 spiro atoms. The van der Waals surface area contributed by atoms with Crippen LogP contribution < -0.4 is 10.6 Å². The van der Waals surface area contributed by atoms with Crippen LogP contribution in [0.5, 0.6) is 0 Å². The molecule has 1 saturated heterocycles. The first kappa shape index (κ1) is 22.8. The first-order valence-electron chi connectivity index (χ1n) is 10.0. The number of nitrogens with zero attached hydrogens (tertiary/aromatic N) is 1. The number of amides is 2. The average Bonchev–Trinajstić information content (AvgIpc) is 2.78. The van der Waals surface area contributed by atoms with E-state index in [1.807, 2.05) is 0 Å². The van der Waals surface area contributed by atoms with Gasteiger partial charge in [0.2, 0.25) is 10.0 Å². The molecule has 168 valence electrons. The lowest BCUT2D eigenvalue weighted by atomic mass is 10.1. The van der Waals surface area contributed by atoms with Gasteiger partial charge in [0.1, 0.15) is 6.61 Å². The van der Waals surface area contributed by atoms with E-state index >= 15 is 0 Å². The highest BCUT2D eigenvalue weighted by Gasteiger charge is 2.27. The number of urea groups is 1. The predicted molar refractivity (Wildman–Crippen MR) is 110 cm³/mol. The van der Waals surface area contributed by atoms with E-state index in [0.29, 0.717) is 13.1 Å². The number of nitrogens with one attached hydrogen (secondary N) is 2. The van der Waals surface area contributed by atoms with Gasteiger partial charge >= 0.3 is 18.0 Å². The number of sulfonamides is 1. The van der Waals surface area contributed by atoms with Crippen LogP contribution >= 0.6 is 0 Å². The number of hydrogen-bond acceptors (Lipinski definition) is 7. The third kappa shape index (κ3) is 5.42. The maximum Gasteiger partial charge on any atom is 0.338 e. The molecule has 2 heterocycles. The van der Waals surface area contributed by atoms with Crippen molar-refractivity contribution in [1.82, 2.24) is 14.9 Å². The zero-order valence-corrected chi connectivity index (χ0v) is 18.0. The number of carbonyl (C=O) groups excluding carboxylic acids is 3. The van der Waals surface area contributed by atoms with Gasteiger partial charge in [0, 0.05) is 13.1 Å². The summed E-state index contributed by atoms with van der Waals surface area (Å²) in [4.78, 5) is 36.1. The molecule has 2 aliphatic heterocycles. The van der Waals surface area contributed by atoms with E-state index in [9.17, 15) is 22.8 Å². The minimum atomic E-state index is -3.59. The van der Waals surface area contributed by atoms with Crippen molar-refractivity contribution in [3.05, 3.63) is 41.1 Å². The smallest absolute Gasteiger partial charge is 0.338 e. The summed E-state index contributed by atoms with van der Waals surface area (Å²) in [5.41, 5.74) is 0.452. The van der Waals surface area contributed by atoms with E-state index in [1.165, 1.54) is 28.6 Å². The number of rotatable bonds is 7. The van der Waals surface area contributed by atoms with Gasteiger partial charge in [-0.05, 0) is 44.0 Å². The lowest BCUT2D eigenvalue weighted by Gasteiger charge is -2.25. The van der Waals surface area contributed by atoms with Crippen LogP contribution in [0.25, 0.3) is 0 Å².